The number of benzene rings is 1. The number of alkyl halides is 3. The van der Waals surface area contributed by atoms with Crippen LogP contribution in [0.25, 0.3) is 0 Å². The van der Waals surface area contributed by atoms with Crippen molar-refractivity contribution >= 4 is 23.2 Å². The Bertz CT molecular complexity index is 723. The molecule has 0 aliphatic carbocycles. The third kappa shape index (κ3) is 5.58. The molecule has 0 radical (unpaired) electrons. The Balaban J connectivity index is 2.03. The highest BCUT2D eigenvalue weighted by atomic mass is 35.5. The van der Waals surface area contributed by atoms with E-state index in [-0.39, 0.29) is 10.7 Å². The Labute approximate surface area is 138 Å². The van der Waals surface area contributed by atoms with E-state index in [9.17, 15) is 22.4 Å². The molecule has 1 aromatic heterocycles. The lowest BCUT2D eigenvalue weighted by atomic mass is 10.2. The number of rotatable bonds is 5. The summed E-state index contributed by atoms with van der Waals surface area (Å²) in [4.78, 5) is 15.5. The Hall–Kier alpha value is -2.55. The van der Waals surface area contributed by atoms with Crippen LogP contribution in [0.15, 0.2) is 36.4 Å². The van der Waals surface area contributed by atoms with Crippen molar-refractivity contribution in [1.82, 2.24) is 10.4 Å². The average Bonchev–Trinajstić information content (AvgIpc) is 2.51. The van der Waals surface area contributed by atoms with E-state index in [1.54, 1.807) is 0 Å². The van der Waals surface area contributed by atoms with Crippen molar-refractivity contribution in [3.63, 3.8) is 0 Å². The number of hydrogen-bond acceptors (Lipinski definition) is 4. The van der Waals surface area contributed by atoms with Crippen LogP contribution in [0.1, 0.15) is 10.4 Å². The summed E-state index contributed by atoms with van der Waals surface area (Å²) in [7, 11) is 0. The first-order chi connectivity index (χ1) is 11.2. The Morgan fingerprint density at radius 2 is 1.88 bits per heavy atom. The van der Waals surface area contributed by atoms with Gasteiger partial charge in [0.2, 0.25) is 5.88 Å². The Morgan fingerprint density at radius 3 is 2.50 bits per heavy atom. The maximum Gasteiger partial charge on any atom is 0.422 e. The highest BCUT2D eigenvalue weighted by molar-refractivity contribution is 6.29. The standard InChI is InChI=1S/C14H10ClF4N3O2/c15-11-5-8(6-12(20-11)24-7-14(17,18)19)13(23)22-21-10-3-1-9(16)2-4-10/h1-6,21H,7H2,(H,22,23). The number of anilines is 1. The molecule has 1 amide bonds. The van der Waals surface area contributed by atoms with E-state index in [1.807, 2.05) is 0 Å². The summed E-state index contributed by atoms with van der Waals surface area (Å²) in [6, 6.07) is 7.30. The van der Waals surface area contributed by atoms with Crippen LogP contribution >= 0.6 is 11.6 Å². The molecule has 0 aliphatic rings. The molecule has 5 nitrogen and oxygen atoms in total. The molecule has 0 spiro atoms. The van der Waals surface area contributed by atoms with Gasteiger partial charge in [0.1, 0.15) is 11.0 Å². The predicted molar refractivity (Wildman–Crippen MR) is 78.3 cm³/mol. The topological polar surface area (TPSA) is 63.2 Å². The van der Waals surface area contributed by atoms with E-state index >= 15 is 0 Å². The van der Waals surface area contributed by atoms with Crippen molar-refractivity contribution in [2.45, 2.75) is 6.18 Å². The number of carbonyl (C=O) groups is 1. The maximum atomic E-state index is 12.8. The molecule has 0 unspecified atom stereocenters. The van der Waals surface area contributed by atoms with Crippen molar-refractivity contribution < 1.29 is 27.1 Å². The number of halogens is 5. The largest absolute Gasteiger partial charge is 0.468 e. The summed E-state index contributed by atoms with van der Waals surface area (Å²) < 4.78 is 53.6. The van der Waals surface area contributed by atoms with Crippen LogP contribution in [0.2, 0.25) is 5.15 Å². The monoisotopic (exact) mass is 363 g/mol. The number of amides is 1. The molecule has 0 fully saturated rings. The summed E-state index contributed by atoms with van der Waals surface area (Å²) in [6.45, 7) is -1.56. The van der Waals surface area contributed by atoms with Crippen LogP contribution in [0.4, 0.5) is 23.2 Å². The van der Waals surface area contributed by atoms with Gasteiger partial charge in [0.25, 0.3) is 5.91 Å². The van der Waals surface area contributed by atoms with Gasteiger partial charge in [-0.2, -0.15) is 13.2 Å². The summed E-state index contributed by atoms with van der Waals surface area (Å²) in [5.41, 5.74) is 5.13. The molecule has 128 valence electrons. The minimum Gasteiger partial charge on any atom is -0.468 e. The number of hydrazine groups is 1. The van der Waals surface area contributed by atoms with Crippen LogP contribution < -0.4 is 15.6 Å². The van der Waals surface area contributed by atoms with E-state index in [1.165, 1.54) is 24.3 Å². The van der Waals surface area contributed by atoms with Crippen LogP contribution in [0, 0.1) is 5.82 Å². The lowest BCUT2D eigenvalue weighted by Crippen LogP contribution is -2.29. The van der Waals surface area contributed by atoms with Gasteiger partial charge < -0.3 is 4.74 Å². The molecule has 1 heterocycles. The van der Waals surface area contributed by atoms with Crippen molar-refractivity contribution in [3.05, 3.63) is 52.9 Å². The molecule has 2 aromatic rings. The normalized spacial score (nSPS) is 11.0. The van der Waals surface area contributed by atoms with E-state index in [4.69, 9.17) is 11.6 Å². The number of ether oxygens (including phenoxy) is 1. The minimum atomic E-state index is -4.55. The Kier molecular flexibility index (Phi) is 5.45. The smallest absolute Gasteiger partial charge is 0.422 e. The SMILES string of the molecule is O=C(NNc1ccc(F)cc1)c1cc(Cl)nc(OCC(F)(F)F)c1. The summed E-state index contributed by atoms with van der Waals surface area (Å²) in [5.74, 6) is -1.58. The van der Waals surface area contributed by atoms with Crippen molar-refractivity contribution in [2.75, 3.05) is 12.0 Å². The van der Waals surface area contributed by atoms with Gasteiger partial charge in [-0.1, -0.05) is 11.6 Å². The molecular formula is C14H10ClF4N3O2. The molecule has 24 heavy (non-hydrogen) atoms. The van der Waals surface area contributed by atoms with Gasteiger partial charge in [0.05, 0.1) is 5.69 Å². The van der Waals surface area contributed by atoms with Gasteiger partial charge in [-0.3, -0.25) is 15.6 Å². The van der Waals surface area contributed by atoms with Crippen LogP contribution in [-0.4, -0.2) is 23.7 Å². The molecule has 2 N–H and O–H groups in total. The van der Waals surface area contributed by atoms with Gasteiger partial charge in [-0.15, -0.1) is 0 Å². The first-order valence-electron chi connectivity index (χ1n) is 6.42. The average molecular weight is 364 g/mol. The fraction of sp³-hybridized carbons (Fsp3) is 0.143. The van der Waals surface area contributed by atoms with E-state index in [0.717, 1.165) is 12.1 Å². The number of carbonyl (C=O) groups excluding carboxylic acids is 1. The van der Waals surface area contributed by atoms with E-state index in [0.29, 0.717) is 5.69 Å². The minimum absolute atomic E-state index is 0.0678. The number of hydrogen-bond donors (Lipinski definition) is 2. The zero-order valence-corrected chi connectivity index (χ0v) is 12.6. The van der Waals surface area contributed by atoms with Crippen molar-refractivity contribution in [1.29, 1.82) is 0 Å². The molecular weight excluding hydrogens is 354 g/mol. The molecule has 0 saturated carbocycles. The van der Waals surface area contributed by atoms with E-state index < -0.39 is 30.4 Å². The zero-order chi connectivity index (χ0) is 17.7. The molecule has 0 bridgehead atoms. The van der Waals surface area contributed by atoms with Gasteiger partial charge in [0.15, 0.2) is 6.61 Å². The number of aromatic nitrogens is 1. The predicted octanol–water partition coefficient (Wildman–Crippen LogP) is 3.57. The van der Waals surface area contributed by atoms with Gasteiger partial charge in [0, 0.05) is 11.6 Å². The number of nitrogens with one attached hydrogen (secondary N) is 2. The molecule has 0 atom stereocenters. The maximum absolute atomic E-state index is 12.8. The second kappa shape index (κ2) is 7.35. The first kappa shape index (κ1) is 17.8. The van der Waals surface area contributed by atoms with Gasteiger partial charge in [-0.25, -0.2) is 9.37 Å². The third-order valence-electron chi connectivity index (χ3n) is 2.58. The highest BCUT2D eigenvalue weighted by Gasteiger charge is 2.28. The van der Waals surface area contributed by atoms with Gasteiger partial charge >= 0.3 is 6.18 Å². The lowest BCUT2D eigenvalue weighted by molar-refractivity contribution is -0.154. The van der Waals surface area contributed by atoms with E-state index in [2.05, 4.69) is 20.6 Å². The lowest BCUT2D eigenvalue weighted by Gasteiger charge is -2.11. The van der Waals surface area contributed by atoms with Crippen molar-refractivity contribution in [2.24, 2.45) is 0 Å². The van der Waals surface area contributed by atoms with Crippen LogP contribution in [0.5, 0.6) is 5.88 Å². The molecule has 0 saturated heterocycles. The quantitative estimate of drug-likeness (QED) is 0.484. The fourth-order valence-electron chi connectivity index (χ4n) is 1.57. The second-order valence-corrected chi connectivity index (χ2v) is 4.89. The molecule has 2 rings (SSSR count). The first-order valence-corrected chi connectivity index (χ1v) is 6.80. The Morgan fingerprint density at radius 1 is 1.21 bits per heavy atom. The van der Waals surface area contributed by atoms with Crippen molar-refractivity contribution in [3.8, 4) is 5.88 Å². The fourth-order valence-corrected chi connectivity index (χ4v) is 1.77. The zero-order valence-electron chi connectivity index (χ0n) is 11.8. The van der Waals surface area contributed by atoms with Crippen LogP contribution in [0.3, 0.4) is 0 Å². The van der Waals surface area contributed by atoms with Gasteiger partial charge in [-0.05, 0) is 30.3 Å². The van der Waals surface area contributed by atoms with Crippen LogP contribution in [-0.2, 0) is 0 Å². The summed E-state index contributed by atoms with van der Waals surface area (Å²) in [5, 5.41) is -0.207. The summed E-state index contributed by atoms with van der Waals surface area (Å²) in [6.07, 6.45) is -4.55. The molecule has 0 aliphatic heterocycles. The third-order valence-corrected chi connectivity index (χ3v) is 2.77. The number of nitrogens with zero attached hydrogens (tertiary/aromatic N) is 1. The molecule has 10 heteroatoms. The number of pyridine rings is 1. The molecule has 1 aromatic carbocycles. The summed E-state index contributed by atoms with van der Waals surface area (Å²) >= 11 is 5.66. The highest BCUT2D eigenvalue weighted by Crippen LogP contribution is 2.20. The second-order valence-electron chi connectivity index (χ2n) is 4.51.